The lowest BCUT2D eigenvalue weighted by Gasteiger charge is -2.32. The molecule has 2 aromatic heterocycles. The fourth-order valence-electron chi connectivity index (χ4n) is 2.90. The van der Waals surface area contributed by atoms with Crippen molar-refractivity contribution < 1.29 is 4.74 Å². The Kier molecular flexibility index (Phi) is 4.24. The minimum Gasteiger partial charge on any atom is -0.480 e. The van der Waals surface area contributed by atoms with Gasteiger partial charge < -0.3 is 15.0 Å². The van der Waals surface area contributed by atoms with Gasteiger partial charge in [-0.15, -0.1) is 11.3 Å². The Bertz CT molecular complexity index is 565. The van der Waals surface area contributed by atoms with E-state index in [-0.39, 0.29) is 0 Å². The number of thiazole rings is 1. The number of fused-ring (bicyclic) bond motifs is 1. The highest BCUT2D eigenvalue weighted by atomic mass is 32.1. The van der Waals surface area contributed by atoms with Crippen molar-refractivity contribution in [3.63, 3.8) is 0 Å². The van der Waals surface area contributed by atoms with Crippen LogP contribution < -0.4 is 10.1 Å². The van der Waals surface area contributed by atoms with Crippen molar-refractivity contribution in [3.05, 3.63) is 17.3 Å². The summed E-state index contributed by atoms with van der Waals surface area (Å²) in [6.07, 6.45) is 6.03. The maximum absolute atomic E-state index is 5.38. The molecule has 1 unspecified atom stereocenters. The summed E-state index contributed by atoms with van der Waals surface area (Å²) >= 11 is 1.64. The molecular formula is C14H22N4OS. The standard InChI is InChI=1S/C14H22N4OS/c1-17-6-4-3-5-11(17)9-15-10-12-13(19-2)16-14-18(12)7-8-20-14/h7-8,11,15H,3-6,9-10H2,1-2H3. The molecule has 3 rings (SSSR count). The Morgan fingerprint density at radius 3 is 3.20 bits per heavy atom. The number of hydrogen-bond acceptors (Lipinski definition) is 5. The van der Waals surface area contributed by atoms with Crippen molar-refractivity contribution >= 4 is 16.3 Å². The molecule has 1 aliphatic rings. The van der Waals surface area contributed by atoms with E-state index in [1.165, 1.54) is 25.8 Å². The summed E-state index contributed by atoms with van der Waals surface area (Å²) in [5, 5.41) is 5.62. The van der Waals surface area contributed by atoms with Crippen molar-refractivity contribution in [2.75, 3.05) is 27.2 Å². The van der Waals surface area contributed by atoms with E-state index in [0.717, 1.165) is 29.6 Å². The number of ether oxygens (including phenoxy) is 1. The van der Waals surface area contributed by atoms with Gasteiger partial charge in [-0.3, -0.25) is 4.40 Å². The lowest BCUT2D eigenvalue weighted by Crippen LogP contribution is -2.42. The third-order valence-electron chi connectivity index (χ3n) is 4.11. The van der Waals surface area contributed by atoms with Crippen molar-refractivity contribution in [1.82, 2.24) is 19.6 Å². The second kappa shape index (κ2) is 6.11. The SMILES string of the molecule is COc1nc2sccn2c1CNCC1CCCCN1C. The molecule has 1 fully saturated rings. The molecule has 0 aliphatic carbocycles. The Balaban J connectivity index is 1.63. The van der Waals surface area contributed by atoms with Crippen LogP contribution in [0.15, 0.2) is 11.6 Å². The molecule has 1 aliphatic heterocycles. The van der Waals surface area contributed by atoms with Gasteiger partial charge in [-0.1, -0.05) is 6.42 Å². The monoisotopic (exact) mass is 294 g/mol. The first-order chi connectivity index (χ1) is 9.79. The molecule has 0 aromatic carbocycles. The van der Waals surface area contributed by atoms with Crippen LogP contribution in [-0.2, 0) is 6.54 Å². The molecule has 3 heterocycles. The lowest BCUT2D eigenvalue weighted by atomic mass is 10.0. The molecule has 6 heteroatoms. The number of likely N-dealkylation sites (tertiary alicyclic amines) is 1. The molecule has 0 bridgehead atoms. The van der Waals surface area contributed by atoms with E-state index < -0.39 is 0 Å². The first-order valence-corrected chi connectivity index (χ1v) is 8.07. The normalized spacial score (nSPS) is 20.6. The minimum absolute atomic E-state index is 0.653. The summed E-state index contributed by atoms with van der Waals surface area (Å²) in [6.45, 7) is 3.04. The van der Waals surface area contributed by atoms with Crippen LogP contribution in [0.25, 0.3) is 4.96 Å². The van der Waals surface area contributed by atoms with Crippen molar-refractivity contribution in [1.29, 1.82) is 0 Å². The first kappa shape index (κ1) is 13.9. The van der Waals surface area contributed by atoms with Crippen LogP contribution in [0.1, 0.15) is 25.0 Å². The Morgan fingerprint density at radius 1 is 1.50 bits per heavy atom. The van der Waals surface area contributed by atoms with Crippen LogP contribution in [0.5, 0.6) is 5.88 Å². The summed E-state index contributed by atoms with van der Waals surface area (Å²) < 4.78 is 7.49. The zero-order valence-corrected chi connectivity index (χ0v) is 12.9. The number of hydrogen-bond donors (Lipinski definition) is 1. The summed E-state index contributed by atoms with van der Waals surface area (Å²) in [7, 11) is 3.91. The molecule has 0 amide bonds. The molecular weight excluding hydrogens is 272 g/mol. The minimum atomic E-state index is 0.653. The number of rotatable bonds is 5. The van der Waals surface area contributed by atoms with Gasteiger partial charge in [0.15, 0.2) is 4.96 Å². The van der Waals surface area contributed by atoms with Crippen LogP contribution in [-0.4, -0.2) is 47.6 Å². The van der Waals surface area contributed by atoms with Gasteiger partial charge in [0.1, 0.15) is 5.69 Å². The highest BCUT2D eigenvalue weighted by molar-refractivity contribution is 7.15. The average molecular weight is 294 g/mol. The number of nitrogens with one attached hydrogen (secondary N) is 1. The largest absolute Gasteiger partial charge is 0.480 e. The summed E-state index contributed by atoms with van der Waals surface area (Å²) in [5.74, 6) is 0.737. The van der Waals surface area contributed by atoms with Gasteiger partial charge in [-0.05, 0) is 26.4 Å². The number of imidazole rings is 1. The predicted molar refractivity (Wildman–Crippen MR) is 81.6 cm³/mol. The number of aromatic nitrogens is 2. The van der Waals surface area contributed by atoms with Gasteiger partial charge in [-0.25, -0.2) is 0 Å². The van der Waals surface area contributed by atoms with Gasteiger partial charge in [0.05, 0.1) is 7.11 Å². The fourth-order valence-corrected chi connectivity index (χ4v) is 3.62. The fraction of sp³-hybridized carbons (Fsp3) is 0.643. The van der Waals surface area contributed by atoms with Gasteiger partial charge in [0.2, 0.25) is 5.88 Å². The molecule has 2 aromatic rings. The second-order valence-electron chi connectivity index (χ2n) is 5.38. The van der Waals surface area contributed by atoms with Crippen molar-refractivity contribution in [2.24, 2.45) is 0 Å². The van der Waals surface area contributed by atoms with Crippen LogP contribution in [0.2, 0.25) is 0 Å². The molecule has 0 radical (unpaired) electrons. The molecule has 1 atom stereocenters. The van der Waals surface area contributed by atoms with Crippen LogP contribution in [0.3, 0.4) is 0 Å². The zero-order valence-electron chi connectivity index (χ0n) is 12.1. The third kappa shape index (κ3) is 2.68. The molecule has 110 valence electrons. The maximum Gasteiger partial charge on any atom is 0.237 e. The zero-order chi connectivity index (χ0) is 13.9. The van der Waals surface area contributed by atoms with E-state index in [4.69, 9.17) is 4.74 Å². The number of likely N-dealkylation sites (N-methyl/N-ethyl adjacent to an activating group) is 1. The molecule has 0 spiro atoms. The van der Waals surface area contributed by atoms with E-state index in [1.54, 1.807) is 18.4 Å². The molecule has 0 saturated carbocycles. The van der Waals surface area contributed by atoms with Crippen molar-refractivity contribution in [2.45, 2.75) is 31.8 Å². The summed E-state index contributed by atoms with van der Waals surface area (Å²) in [5.41, 5.74) is 1.11. The van der Waals surface area contributed by atoms with E-state index >= 15 is 0 Å². The number of piperidine rings is 1. The van der Waals surface area contributed by atoms with E-state index in [0.29, 0.717) is 6.04 Å². The van der Waals surface area contributed by atoms with Crippen LogP contribution in [0.4, 0.5) is 0 Å². The van der Waals surface area contributed by atoms with Gasteiger partial charge >= 0.3 is 0 Å². The van der Waals surface area contributed by atoms with Crippen LogP contribution in [0, 0.1) is 0 Å². The number of methoxy groups -OCH3 is 1. The predicted octanol–water partition coefficient (Wildman–Crippen LogP) is 1.98. The molecule has 5 nitrogen and oxygen atoms in total. The quantitative estimate of drug-likeness (QED) is 0.915. The topological polar surface area (TPSA) is 41.8 Å². The summed E-state index contributed by atoms with van der Waals surface area (Å²) in [6, 6.07) is 0.653. The van der Waals surface area contributed by atoms with E-state index in [9.17, 15) is 0 Å². The Morgan fingerprint density at radius 2 is 2.40 bits per heavy atom. The average Bonchev–Trinajstić information content (AvgIpc) is 3.02. The highest BCUT2D eigenvalue weighted by Crippen LogP contribution is 2.23. The van der Waals surface area contributed by atoms with E-state index in [1.807, 2.05) is 0 Å². The molecule has 20 heavy (non-hydrogen) atoms. The van der Waals surface area contributed by atoms with Crippen molar-refractivity contribution in [3.8, 4) is 5.88 Å². The Labute approximate surface area is 123 Å². The van der Waals surface area contributed by atoms with Gasteiger partial charge in [0.25, 0.3) is 0 Å². The van der Waals surface area contributed by atoms with Crippen LogP contribution >= 0.6 is 11.3 Å². The molecule has 1 N–H and O–H groups in total. The summed E-state index contributed by atoms with van der Waals surface area (Å²) in [4.78, 5) is 7.94. The first-order valence-electron chi connectivity index (χ1n) is 7.19. The number of nitrogens with zero attached hydrogens (tertiary/aromatic N) is 3. The highest BCUT2D eigenvalue weighted by Gasteiger charge is 2.19. The van der Waals surface area contributed by atoms with Gasteiger partial charge in [-0.2, -0.15) is 4.98 Å². The van der Waals surface area contributed by atoms with E-state index in [2.05, 4.69) is 38.2 Å². The van der Waals surface area contributed by atoms with Gasteiger partial charge in [0, 0.05) is 30.7 Å². The smallest absolute Gasteiger partial charge is 0.237 e. The lowest BCUT2D eigenvalue weighted by molar-refractivity contribution is 0.181. The third-order valence-corrected chi connectivity index (χ3v) is 4.87. The maximum atomic E-state index is 5.38. The Hall–Kier alpha value is -1.11. The second-order valence-corrected chi connectivity index (χ2v) is 6.26. The molecule has 1 saturated heterocycles.